The van der Waals surface area contributed by atoms with Gasteiger partial charge in [-0.05, 0) is 31.5 Å². The van der Waals surface area contributed by atoms with E-state index >= 15 is 8.78 Å². The lowest BCUT2D eigenvalue weighted by atomic mass is 9.75. The van der Waals surface area contributed by atoms with Crippen LogP contribution in [0.2, 0.25) is 0 Å². The number of hydrogen-bond donors (Lipinski definition) is 0. The Morgan fingerprint density at radius 2 is 1.32 bits per heavy atom. The highest BCUT2D eigenvalue weighted by Crippen LogP contribution is 2.45. The van der Waals surface area contributed by atoms with E-state index < -0.39 is 81.3 Å². The Morgan fingerprint density at radius 3 is 1.93 bits per heavy atom. The van der Waals surface area contributed by atoms with Gasteiger partial charge in [0.1, 0.15) is 11.7 Å². The standard InChI is InChI=1S/C29H21F5O6/c1-3-38-28(36)18-17(14-10-6-5-7-11-14)19(29(37)39-4-2)27(40-16-13-9-8-12-15(16)26(18)35)20-21(30)23(32)25(34)24(33)22(20)31/h5-13,17-18H,3-4H2,1-2H3/b27-19+. The molecule has 6 nitrogen and oxygen atoms in total. The molecule has 40 heavy (non-hydrogen) atoms. The predicted molar refractivity (Wildman–Crippen MR) is 130 cm³/mol. The summed E-state index contributed by atoms with van der Waals surface area (Å²) in [4.78, 5) is 40.7. The van der Waals surface area contributed by atoms with Crippen LogP contribution in [-0.2, 0) is 19.1 Å². The normalized spacial score (nSPS) is 18.7. The van der Waals surface area contributed by atoms with Gasteiger partial charge in [0, 0.05) is 5.92 Å². The summed E-state index contributed by atoms with van der Waals surface area (Å²) in [5, 5.41) is 0. The Hall–Kier alpha value is -4.54. The van der Waals surface area contributed by atoms with Gasteiger partial charge in [-0.1, -0.05) is 42.5 Å². The second-order valence-corrected chi connectivity index (χ2v) is 8.49. The van der Waals surface area contributed by atoms with Crippen molar-refractivity contribution in [1.82, 2.24) is 0 Å². The molecule has 0 aliphatic carbocycles. The predicted octanol–water partition coefficient (Wildman–Crippen LogP) is 5.89. The van der Waals surface area contributed by atoms with Crippen LogP contribution in [0.3, 0.4) is 0 Å². The van der Waals surface area contributed by atoms with E-state index in [-0.39, 0.29) is 24.3 Å². The van der Waals surface area contributed by atoms with Gasteiger partial charge in [0.25, 0.3) is 0 Å². The average Bonchev–Trinajstić information content (AvgIpc) is 2.94. The van der Waals surface area contributed by atoms with Crippen LogP contribution in [0, 0.1) is 35.0 Å². The SMILES string of the molecule is CCOC(=O)/C1=C(\c2c(F)c(F)c(F)c(F)c2F)Oc2ccccc2C(=O)C(C(=O)OCC)C1c1ccccc1. The number of carbonyl (C=O) groups is 3. The monoisotopic (exact) mass is 560 g/mol. The number of ether oxygens (including phenoxy) is 3. The molecule has 0 fully saturated rings. The first-order chi connectivity index (χ1) is 19.1. The molecule has 0 N–H and O–H groups in total. The zero-order valence-corrected chi connectivity index (χ0v) is 21.1. The number of benzene rings is 3. The van der Waals surface area contributed by atoms with E-state index in [0.29, 0.717) is 0 Å². The highest BCUT2D eigenvalue weighted by Gasteiger charge is 2.47. The minimum atomic E-state index is -2.43. The quantitative estimate of drug-likeness (QED) is 0.123. The Morgan fingerprint density at radius 1 is 0.775 bits per heavy atom. The molecule has 1 aliphatic heterocycles. The first-order valence-corrected chi connectivity index (χ1v) is 12.1. The second kappa shape index (κ2) is 11.7. The van der Waals surface area contributed by atoms with E-state index in [1.807, 2.05) is 0 Å². The van der Waals surface area contributed by atoms with Gasteiger partial charge in [-0.15, -0.1) is 0 Å². The highest BCUT2D eigenvalue weighted by molar-refractivity contribution is 6.13. The molecule has 0 amide bonds. The van der Waals surface area contributed by atoms with Crippen LogP contribution in [0.25, 0.3) is 5.76 Å². The maximum atomic E-state index is 15.3. The molecule has 1 heterocycles. The van der Waals surface area contributed by atoms with Gasteiger partial charge in [0.05, 0.1) is 29.9 Å². The summed E-state index contributed by atoms with van der Waals surface area (Å²) in [6, 6.07) is 12.6. The first kappa shape index (κ1) is 28.5. The maximum absolute atomic E-state index is 15.3. The number of para-hydroxylation sites is 1. The fraction of sp³-hybridized carbons (Fsp3) is 0.207. The van der Waals surface area contributed by atoms with E-state index in [1.54, 1.807) is 6.07 Å². The van der Waals surface area contributed by atoms with Crippen molar-refractivity contribution in [2.45, 2.75) is 19.8 Å². The molecule has 0 saturated heterocycles. The first-order valence-electron chi connectivity index (χ1n) is 12.1. The molecule has 2 atom stereocenters. The second-order valence-electron chi connectivity index (χ2n) is 8.49. The zero-order valence-electron chi connectivity index (χ0n) is 21.1. The van der Waals surface area contributed by atoms with Crippen molar-refractivity contribution in [2.75, 3.05) is 13.2 Å². The van der Waals surface area contributed by atoms with E-state index in [4.69, 9.17) is 14.2 Å². The fourth-order valence-electron chi connectivity index (χ4n) is 4.46. The third-order valence-electron chi connectivity index (χ3n) is 6.17. The number of halogens is 5. The number of hydrogen-bond acceptors (Lipinski definition) is 6. The van der Waals surface area contributed by atoms with Gasteiger partial charge in [0.2, 0.25) is 5.82 Å². The lowest BCUT2D eigenvalue weighted by Crippen LogP contribution is -2.37. The number of ketones is 1. The van der Waals surface area contributed by atoms with Crippen molar-refractivity contribution in [1.29, 1.82) is 0 Å². The summed E-state index contributed by atoms with van der Waals surface area (Å²) in [5.41, 5.74) is -2.56. The lowest BCUT2D eigenvalue weighted by Gasteiger charge is -2.31. The van der Waals surface area contributed by atoms with Crippen LogP contribution in [0.15, 0.2) is 60.2 Å². The topological polar surface area (TPSA) is 78.9 Å². The molecular weight excluding hydrogens is 539 g/mol. The van der Waals surface area contributed by atoms with Gasteiger partial charge in [-0.2, -0.15) is 0 Å². The summed E-state index contributed by atoms with van der Waals surface area (Å²) in [5.74, 6) is -20.0. The maximum Gasteiger partial charge on any atom is 0.338 e. The molecule has 1 aliphatic rings. The zero-order chi connectivity index (χ0) is 29.1. The van der Waals surface area contributed by atoms with Gasteiger partial charge >= 0.3 is 11.9 Å². The van der Waals surface area contributed by atoms with E-state index in [2.05, 4.69) is 0 Å². The molecule has 0 spiro atoms. The minimum Gasteiger partial charge on any atom is -0.465 e. The molecule has 11 heteroatoms. The molecular formula is C29H21F5O6. The van der Waals surface area contributed by atoms with Crippen molar-refractivity contribution in [3.8, 4) is 5.75 Å². The van der Waals surface area contributed by atoms with E-state index in [1.165, 1.54) is 62.4 Å². The fourth-order valence-corrected chi connectivity index (χ4v) is 4.46. The Balaban J connectivity index is 2.23. The third-order valence-corrected chi connectivity index (χ3v) is 6.17. The van der Waals surface area contributed by atoms with Crippen molar-refractivity contribution >= 4 is 23.5 Å². The Kier molecular flexibility index (Phi) is 8.32. The lowest BCUT2D eigenvalue weighted by molar-refractivity contribution is -0.146. The van der Waals surface area contributed by atoms with Crippen molar-refractivity contribution in [2.24, 2.45) is 5.92 Å². The number of rotatable bonds is 6. The van der Waals surface area contributed by atoms with Crippen LogP contribution < -0.4 is 4.74 Å². The average molecular weight is 560 g/mol. The Bertz CT molecular complexity index is 1490. The number of Topliss-reactive ketones (excluding diaryl/α,β-unsaturated/α-hetero) is 1. The van der Waals surface area contributed by atoms with Gasteiger partial charge in [0.15, 0.2) is 34.8 Å². The Labute approximate surface area is 225 Å². The molecule has 4 rings (SSSR count). The summed E-state index contributed by atoms with van der Waals surface area (Å²) in [7, 11) is 0. The summed E-state index contributed by atoms with van der Waals surface area (Å²) >= 11 is 0. The van der Waals surface area contributed by atoms with E-state index in [9.17, 15) is 27.6 Å². The van der Waals surface area contributed by atoms with Gasteiger partial charge in [-0.25, -0.2) is 26.7 Å². The van der Waals surface area contributed by atoms with Gasteiger partial charge < -0.3 is 14.2 Å². The van der Waals surface area contributed by atoms with Crippen LogP contribution >= 0.6 is 0 Å². The molecule has 2 unspecified atom stereocenters. The number of esters is 2. The summed E-state index contributed by atoms with van der Waals surface area (Å²) in [6.07, 6.45) is 0. The van der Waals surface area contributed by atoms with Crippen LogP contribution in [0.4, 0.5) is 22.0 Å². The summed E-state index contributed by atoms with van der Waals surface area (Å²) in [6.45, 7) is 2.41. The largest absolute Gasteiger partial charge is 0.465 e. The smallest absolute Gasteiger partial charge is 0.338 e. The minimum absolute atomic E-state index is 0.0984. The molecule has 0 bridgehead atoms. The van der Waals surface area contributed by atoms with Crippen molar-refractivity contribution < 1.29 is 50.5 Å². The van der Waals surface area contributed by atoms with Crippen molar-refractivity contribution in [3.63, 3.8) is 0 Å². The molecule has 0 aromatic heterocycles. The number of fused-ring (bicyclic) bond motifs is 1. The molecule has 0 radical (unpaired) electrons. The van der Waals surface area contributed by atoms with Crippen LogP contribution in [0.1, 0.15) is 41.3 Å². The van der Waals surface area contributed by atoms with Crippen molar-refractivity contribution in [3.05, 3.63) is 106 Å². The molecule has 0 saturated carbocycles. The van der Waals surface area contributed by atoms with Crippen LogP contribution in [-0.4, -0.2) is 30.9 Å². The van der Waals surface area contributed by atoms with E-state index in [0.717, 1.165) is 0 Å². The third kappa shape index (κ3) is 4.94. The molecule has 3 aromatic rings. The van der Waals surface area contributed by atoms with Gasteiger partial charge in [-0.3, -0.25) is 9.59 Å². The van der Waals surface area contributed by atoms with Crippen LogP contribution in [0.5, 0.6) is 5.75 Å². The summed E-state index contributed by atoms with van der Waals surface area (Å²) < 4.78 is 89.3. The molecule has 208 valence electrons. The number of carbonyl (C=O) groups excluding carboxylic acids is 3. The highest BCUT2D eigenvalue weighted by atomic mass is 19.2. The molecule has 3 aromatic carbocycles.